The minimum Gasteiger partial charge on any atom is -0.441 e. The smallest absolute Gasteiger partial charge is 0.407 e. The van der Waals surface area contributed by atoms with E-state index in [9.17, 15) is 9.90 Å². The van der Waals surface area contributed by atoms with Crippen LogP contribution >= 0.6 is 21.6 Å². The monoisotopic (exact) mass is 751 g/mol. The van der Waals surface area contributed by atoms with Gasteiger partial charge in [-0.25, -0.2) is 9.48 Å². The average molecular weight is 752 g/mol. The van der Waals surface area contributed by atoms with Gasteiger partial charge in [-0.15, -0.1) is 5.10 Å². The largest absolute Gasteiger partial charge is 0.441 e. The Morgan fingerprint density at radius 1 is 1.00 bits per heavy atom. The Kier molecular flexibility index (Phi) is 14.5. The molecular formula is C41H61N5O4S2. The van der Waals surface area contributed by atoms with Gasteiger partial charge in [0, 0.05) is 64.5 Å². The molecule has 1 aliphatic carbocycles. The van der Waals surface area contributed by atoms with Crippen molar-refractivity contribution in [2.45, 2.75) is 129 Å². The standard InChI is InChI=1S/C41H61N5O4S2/c1-10-38(2,3)34(42)20-15-27-51-52-41(8,9)23-26-49-40(6,7)21-24-43-37(48)50-33-28-29-16-11-12-17-30(29)35-36(32-19-14-13-18-31(32)33)46(45-44-35)39(4,5)22-25-47/h11-14,16-19,33,42,47H,10,15,20-28H2,1-9H3,(H,43,48). The van der Waals surface area contributed by atoms with Crippen LogP contribution < -0.4 is 5.32 Å². The Hall–Kier alpha value is -2.86. The van der Waals surface area contributed by atoms with E-state index in [2.05, 4.69) is 70.2 Å². The van der Waals surface area contributed by atoms with E-state index in [1.807, 2.05) is 82.6 Å². The lowest BCUT2D eigenvalue weighted by Gasteiger charge is -2.30. The van der Waals surface area contributed by atoms with Crippen LogP contribution in [0.15, 0.2) is 48.5 Å². The first-order valence-electron chi connectivity index (χ1n) is 18.7. The van der Waals surface area contributed by atoms with Gasteiger partial charge in [0.25, 0.3) is 0 Å². The summed E-state index contributed by atoms with van der Waals surface area (Å²) in [7, 11) is 3.79. The lowest BCUT2D eigenvalue weighted by atomic mass is 9.83. The lowest BCUT2D eigenvalue weighted by molar-refractivity contribution is -0.0259. The predicted octanol–water partition coefficient (Wildman–Crippen LogP) is 10.0. The third-order valence-corrected chi connectivity index (χ3v) is 13.7. The van der Waals surface area contributed by atoms with Crippen LogP contribution in [0.3, 0.4) is 0 Å². The van der Waals surface area contributed by atoms with E-state index in [0.717, 1.165) is 70.8 Å². The van der Waals surface area contributed by atoms with Crippen molar-refractivity contribution < 1.29 is 19.4 Å². The molecule has 0 fully saturated rings. The quantitative estimate of drug-likeness (QED) is 0.0629. The van der Waals surface area contributed by atoms with Crippen molar-refractivity contribution in [2.75, 3.05) is 25.5 Å². The van der Waals surface area contributed by atoms with Gasteiger partial charge in [0.1, 0.15) is 11.8 Å². The number of aromatic nitrogens is 3. The molecule has 1 atom stereocenters. The van der Waals surface area contributed by atoms with E-state index < -0.39 is 23.3 Å². The number of rotatable bonds is 19. The fourth-order valence-electron chi connectivity index (χ4n) is 6.23. The SMILES string of the molecule is CCC(C)(C)C(=N)CCCSSC(C)(C)CCOC(C)(C)CCNC(=O)OC1Cc2ccccc2-c2nnn(C(C)(C)CCO)c2-c2ccccc21. The molecule has 3 aromatic rings. The Morgan fingerprint density at radius 2 is 1.69 bits per heavy atom. The minimum absolute atomic E-state index is 0.000985. The van der Waals surface area contributed by atoms with Gasteiger partial charge < -0.3 is 25.3 Å². The number of carbonyl (C=O) groups excluding carboxylic acids is 1. The fraction of sp³-hybridized carbons (Fsp3) is 0.610. The fourth-order valence-corrected chi connectivity index (χ4v) is 8.87. The highest BCUT2D eigenvalue weighted by atomic mass is 33.1. The van der Waals surface area contributed by atoms with Gasteiger partial charge in [0.15, 0.2) is 0 Å². The van der Waals surface area contributed by atoms with Crippen LogP contribution in [0.2, 0.25) is 0 Å². The molecule has 1 aromatic heterocycles. The highest BCUT2D eigenvalue weighted by Gasteiger charge is 2.34. The first-order chi connectivity index (χ1) is 24.5. The Labute approximate surface area is 319 Å². The van der Waals surface area contributed by atoms with Gasteiger partial charge in [0.05, 0.1) is 16.8 Å². The van der Waals surface area contributed by atoms with Crippen LogP contribution in [0.5, 0.6) is 0 Å². The Bertz CT molecular complexity index is 1650. The van der Waals surface area contributed by atoms with Crippen LogP contribution in [0, 0.1) is 10.8 Å². The molecule has 0 spiro atoms. The number of hydrogen-bond acceptors (Lipinski definition) is 9. The molecule has 0 aliphatic heterocycles. The number of aliphatic hydroxyl groups excluding tert-OH is 1. The molecule has 1 amide bonds. The van der Waals surface area contributed by atoms with Crippen molar-refractivity contribution >= 4 is 33.4 Å². The lowest BCUT2D eigenvalue weighted by Crippen LogP contribution is -2.35. The number of hydrogen-bond donors (Lipinski definition) is 3. The van der Waals surface area contributed by atoms with E-state index in [1.165, 1.54) is 0 Å². The van der Waals surface area contributed by atoms with E-state index >= 15 is 0 Å². The summed E-state index contributed by atoms with van der Waals surface area (Å²) < 4.78 is 14.5. The number of ether oxygens (including phenoxy) is 2. The average Bonchev–Trinajstić information content (AvgIpc) is 3.52. The molecule has 9 nitrogen and oxygen atoms in total. The highest BCUT2D eigenvalue weighted by Crippen LogP contribution is 2.43. The van der Waals surface area contributed by atoms with E-state index in [-0.39, 0.29) is 16.8 Å². The molecule has 11 heteroatoms. The summed E-state index contributed by atoms with van der Waals surface area (Å²) in [5, 5.41) is 30.5. The van der Waals surface area contributed by atoms with Crippen molar-refractivity contribution in [3.63, 3.8) is 0 Å². The van der Waals surface area contributed by atoms with Gasteiger partial charge in [0.2, 0.25) is 0 Å². The molecule has 1 heterocycles. The maximum Gasteiger partial charge on any atom is 0.407 e. The van der Waals surface area contributed by atoms with Gasteiger partial charge in [-0.1, -0.05) is 96.1 Å². The highest BCUT2D eigenvalue weighted by molar-refractivity contribution is 8.77. The van der Waals surface area contributed by atoms with Crippen LogP contribution in [-0.4, -0.2) is 67.8 Å². The molecule has 0 saturated carbocycles. The number of benzene rings is 2. The summed E-state index contributed by atoms with van der Waals surface area (Å²) in [4.78, 5) is 13.4. The first-order valence-corrected chi connectivity index (χ1v) is 21.0. The van der Waals surface area contributed by atoms with Gasteiger partial charge in [-0.05, 0) is 85.6 Å². The van der Waals surface area contributed by atoms with E-state index in [4.69, 9.17) is 14.9 Å². The minimum atomic E-state index is -0.535. The third-order valence-electron chi connectivity index (χ3n) is 10.3. The molecule has 0 radical (unpaired) electrons. The summed E-state index contributed by atoms with van der Waals surface area (Å²) in [6.45, 7) is 20.3. The molecular weight excluding hydrogens is 691 g/mol. The summed E-state index contributed by atoms with van der Waals surface area (Å²) in [5.41, 5.74) is 5.35. The van der Waals surface area contributed by atoms with Crippen molar-refractivity contribution in [1.82, 2.24) is 20.3 Å². The summed E-state index contributed by atoms with van der Waals surface area (Å²) in [6, 6.07) is 16.1. The van der Waals surface area contributed by atoms with Gasteiger partial charge in [-0.2, -0.15) is 0 Å². The number of carbonyl (C=O) groups is 1. The summed E-state index contributed by atoms with van der Waals surface area (Å²) in [6.07, 6.45) is 4.46. The van der Waals surface area contributed by atoms with Crippen molar-refractivity contribution in [2.24, 2.45) is 5.41 Å². The number of alkyl carbamates (subject to hydrolysis) is 1. The number of aliphatic hydroxyl groups is 1. The number of nitrogens with one attached hydrogen (secondary N) is 2. The molecule has 3 N–H and O–H groups in total. The van der Waals surface area contributed by atoms with Gasteiger partial charge in [-0.3, -0.25) is 0 Å². The molecule has 52 heavy (non-hydrogen) atoms. The van der Waals surface area contributed by atoms with Crippen LogP contribution in [0.1, 0.15) is 118 Å². The topological polar surface area (TPSA) is 122 Å². The molecule has 0 saturated heterocycles. The van der Waals surface area contributed by atoms with E-state index in [0.29, 0.717) is 32.4 Å². The van der Waals surface area contributed by atoms with Crippen molar-refractivity contribution in [3.8, 4) is 22.5 Å². The van der Waals surface area contributed by atoms with Crippen LogP contribution in [0.25, 0.3) is 22.5 Å². The molecule has 1 aliphatic rings. The number of nitrogens with zero attached hydrogens (tertiary/aromatic N) is 3. The molecule has 1 unspecified atom stereocenters. The maximum atomic E-state index is 13.4. The molecule has 4 rings (SSSR count). The molecule has 2 aromatic carbocycles. The zero-order chi connectivity index (χ0) is 38.2. The van der Waals surface area contributed by atoms with Crippen LogP contribution in [0.4, 0.5) is 4.79 Å². The maximum absolute atomic E-state index is 13.4. The molecule has 286 valence electrons. The second-order valence-corrected chi connectivity index (χ2v) is 19.5. The second kappa shape index (κ2) is 18.0. The van der Waals surface area contributed by atoms with E-state index in [1.54, 1.807) is 0 Å². The first kappa shape index (κ1) is 41.9. The normalized spacial score (nSPS) is 14.8. The van der Waals surface area contributed by atoms with Crippen LogP contribution in [-0.2, 0) is 21.4 Å². The number of amides is 1. The van der Waals surface area contributed by atoms with Crippen molar-refractivity contribution in [3.05, 3.63) is 59.7 Å². The summed E-state index contributed by atoms with van der Waals surface area (Å²) >= 11 is 0. The second-order valence-electron chi connectivity index (χ2n) is 16.3. The zero-order valence-corrected chi connectivity index (χ0v) is 34.4. The van der Waals surface area contributed by atoms with Gasteiger partial charge >= 0.3 is 6.09 Å². The van der Waals surface area contributed by atoms with Crippen molar-refractivity contribution in [1.29, 1.82) is 5.41 Å². The zero-order valence-electron chi connectivity index (χ0n) is 32.8. The Morgan fingerprint density at radius 3 is 2.40 bits per heavy atom. The third kappa shape index (κ3) is 11.1. The Balaban J connectivity index is 1.32. The molecule has 0 bridgehead atoms. The number of fused-ring (bicyclic) bond motifs is 5. The summed E-state index contributed by atoms with van der Waals surface area (Å²) in [5.74, 6) is 1.04. The predicted molar refractivity (Wildman–Crippen MR) is 217 cm³/mol.